The number of benzene rings is 1. The summed E-state index contributed by atoms with van der Waals surface area (Å²) >= 11 is 5.10. The molecule has 1 aromatic rings. The number of methoxy groups -OCH3 is 1. The Morgan fingerprint density at radius 3 is 2.85 bits per heavy atom. The lowest BCUT2D eigenvalue weighted by molar-refractivity contribution is -0.118. The Bertz CT molecular complexity index is 620. The van der Waals surface area contributed by atoms with E-state index >= 15 is 0 Å². The third-order valence-corrected chi connectivity index (χ3v) is 3.39. The van der Waals surface area contributed by atoms with Crippen molar-refractivity contribution in [3.05, 3.63) is 41.5 Å². The van der Waals surface area contributed by atoms with Crippen molar-refractivity contribution < 1.29 is 14.6 Å². The van der Waals surface area contributed by atoms with Gasteiger partial charge in [-0.1, -0.05) is 18.3 Å². The van der Waals surface area contributed by atoms with Crippen LogP contribution in [0.3, 0.4) is 0 Å². The van der Waals surface area contributed by atoms with Crippen LogP contribution >= 0.6 is 12.2 Å². The Hall–Kier alpha value is -2.14. The molecule has 1 fully saturated rings. The molecule has 1 amide bonds. The van der Waals surface area contributed by atoms with Crippen molar-refractivity contribution in [2.45, 2.75) is 12.8 Å². The van der Waals surface area contributed by atoms with E-state index in [0.29, 0.717) is 29.3 Å². The van der Waals surface area contributed by atoms with Gasteiger partial charge in [0, 0.05) is 0 Å². The molecule has 2 rings (SSSR count). The van der Waals surface area contributed by atoms with Crippen LogP contribution < -0.4 is 10.1 Å². The number of carbonyl (C=O) groups excluding carboxylic acids is 1. The molecule has 5 heteroatoms. The lowest BCUT2D eigenvalue weighted by atomic mass is 10.0. The summed E-state index contributed by atoms with van der Waals surface area (Å²) in [5.41, 5.74) is 2.48. The predicted molar refractivity (Wildman–Crippen MR) is 83.3 cm³/mol. The SMILES string of the molecule is C=CCc1cc(/C=C2/CC(=O)NC2=S)cc(OC)c1[OH2+]. The lowest BCUT2D eigenvalue weighted by Gasteiger charge is -2.07. The van der Waals surface area contributed by atoms with Gasteiger partial charge in [-0.2, -0.15) is 0 Å². The predicted octanol–water partition coefficient (Wildman–Crippen LogP) is 2.09. The van der Waals surface area contributed by atoms with Gasteiger partial charge in [-0.05, 0) is 35.8 Å². The normalized spacial score (nSPS) is 16.4. The highest BCUT2D eigenvalue weighted by molar-refractivity contribution is 7.80. The molecule has 1 saturated heterocycles. The van der Waals surface area contributed by atoms with Crippen LogP contribution in [0.4, 0.5) is 0 Å². The van der Waals surface area contributed by atoms with Crippen molar-refractivity contribution in [2.24, 2.45) is 0 Å². The third kappa shape index (κ3) is 2.88. The first-order valence-electron chi connectivity index (χ1n) is 6.13. The van der Waals surface area contributed by atoms with E-state index in [9.17, 15) is 4.79 Å². The molecule has 0 aromatic heterocycles. The van der Waals surface area contributed by atoms with E-state index in [2.05, 4.69) is 11.9 Å². The average Bonchev–Trinajstić information content (AvgIpc) is 2.71. The number of rotatable bonds is 4. The van der Waals surface area contributed by atoms with Crippen LogP contribution in [0.15, 0.2) is 30.4 Å². The fourth-order valence-corrected chi connectivity index (χ4v) is 2.32. The van der Waals surface area contributed by atoms with E-state index in [0.717, 1.165) is 16.7 Å². The maximum Gasteiger partial charge on any atom is 0.300 e. The second kappa shape index (κ2) is 5.88. The van der Waals surface area contributed by atoms with Crippen molar-refractivity contribution in [3.8, 4) is 11.5 Å². The highest BCUT2D eigenvalue weighted by atomic mass is 32.1. The number of amides is 1. The van der Waals surface area contributed by atoms with Gasteiger partial charge in [0.05, 0.1) is 19.1 Å². The van der Waals surface area contributed by atoms with Crippen molar-refractivity contribution in [1.82, 2.24) is 5.32 Å². The van der Waals surface area contributed by atoms with Crippen molar-refractivity contribution in [2.75, 3.05) is 7.11 Å². The van der Waals surface area contributed by atoms with Gasteiger partial charge in [-0.15, -0.1) is 6.58 Å². The minimum atomic E-state index is -0.0864. The Balaban J connectivity index is 2.44. The van der Waals surface area contributed by atoms with E-state index in [-0.39, 0.29) is 5.91 Å². The maximum absolute atomic E-state index is 11.3. The van der Waals surface area contributed by atoms with Gasteiger partial charge >= 0.3 is 0 Å². The Labute approximate surface area is 122 Å². The summed E-state index contributed by atoms with van der Waals surface area (Å²) in [7, 11) is 1.53. The molecule has 20 heavy (non-hydrogen) atoms. The van der Waals surface area contributed by atoms with Crippen LogP contribution in [-0.4, -0.2) is 23.1 Å². The number of hydrogen-bond acceptors (Lipinski definition) is 3. The number of ether oxygens (including phenoxy) is 1. The highest BCUT2D eigenvalue weighted by Crippen LogP contribution is 2.33. The molecule has 0 atom stereocenters. The zero-order chi connectivity index (χ0) is 14.7. The topological polar surface area (TPSA) is 61.2 Å². The van der Waals surface area contributed by atoms with E-state index < -0.39 is 0 Å². The molecular formula is C15H16NO3S+. The van der Waals surface area contributed by atoms with E-state index in [1.807, 2.05) is 12.1 Å². The van der Waals surface area contributed by atoms with Gasteiger partial charge in [0.2, 0.25) is 11.7 Å². The average molecular weight is 290 g/mol. The van der Waals surface area contributed by atoms with Crippen LogP contribution in [0.2, 0.25) is 0 Å². The van der Waals surface area contributed by atoms with Crippen LogP contribution in [0.5, 0.6) is 11.5 Å². The van der Waals surface area contributed by atoms with Gasteiger partial charge in [-0.25, -0.2) is 0 Å². The quantitative estimate of drug-likeness (QED) is 0.400. The van der Waals surface area contributed by atoms with Crippen molar-refractivity contribution in [1.29, 1.82) is 0 Å². The van der Waals surface area contributed by atoms with Gasteiger partial charge in [-0.3, -0.25) is 4.79 Å². The largest absolute Gasteiger partial charge is 0.590 e. The fourth-order valence-electron chi connectivity index (χ4n) is 2.08. The Kier molecular flexibility index (Phi) is 4.20. The van der Waals surface area contributed by atoms with E-state index in [1.54, 1.807) is 12.1 Å². The molecule has 0 aliphatic carbocycles. The van der Waals surface area contributed by atoms with Crippen LogP contribution in [0, 0.1) is 0 Å². The summed E-state index contributed by atoms with van der Waals surface area (Å²) < 4.78 is 5.22. The molecule has 0 spiro atoms. The first kappa shape index (κ1) is 14.3. The maximum atomic E-state index is 11.3. The molecule has 104 valence electrons. The number of allylic oxidation sites excluding steroid dienone is 1. The standard InChI is InChI=1S/C15H15NO3S/c1-3-4-10-5-9(7-12(19-2)14(10)18)6-11-8-13(17)16-15(11)20/h3,5-7,18H,1,4,8H2,2H3,(H,16,17,20)/p+1/b11-6-. The van der Waals surface area contributed by atoms with Crippen LogP contribution in [0.25, 0.3) is 6.08 Å². The summed E-state index contributed by atoms with van der Waals surface area (Å²) in [4.78, 5) is 11.8. The Morgan fingerprint density at radius 1 is 1.55 bits per heavy atom. The smallest absolute Gasteiger partial charge is 0.300 e. The van der Waals surface area contributed by atoms with Crippen molar-refractivity contribution >= 4 is 29.2 Å². The summed E-state index contributed by atoms with van der Waals surface area (Å²) in [6.45, 7) is 3.69. The molecule has 0 bridgehead atoms. The first-order chi connectivity index (χ1) is 9.55. The number of nitrogens with one attached hydrogen (secondary N) is 1. The summed E-state index contributed by atoms with van der Waals surface area (Å²) in [5.74, 6) is 0.772. The molecule has 1 aromatic carbocycles. The molecular weight excluding hydrogens is 274 g/mol. The van der Waals surface area contributed by atoms with Crippen molar-refractivity contribution in [3.63, 3.8) is 0 Å². The molecule has 1 aliphatic rings. The number of hydrogen-bond donors (Lipinski definition) is 1. The molecule has 4 nitrogen and oxygen atoms in total. The molecule has 3 N–H and O–H groups in total. The number of thiocarbonyl (C=S) groups is 1. The second-order valence-electron chi connectivity index (χ2n) is 4.47. The lowest BCUT2D eigenvalue weighted by Crippen LogP contribution is -2.17. The van der Waals surface area contributed by atoms with Gasteiger partial charge in [0.25, 0.3) is 5.75 Å². The summed E-state index contributed by atoms with van der Waals surface area (Å²) in [6.07, 6.45) is 4.48. The van der Waals surface area contributed by atoms with Crippen LogP contribution in [0.1, 0.15) is 17.5 Å². The highest BCUT2D eigenvalue weighted by Gasteiger charge is 2.21. The Morgan fingerprint density at radius 2 is 2.30 bits per heavy atom. The minimum absolute atomic E-state index is 0.0864. The first-order valence-corrected chi connectivity index (χ1v) is 6.54. The fraction of sp³-hybridized carbons (Fsp3) is 0.200. The molecule has 0 radical (unpaired) electrons. The number of carbonyl (C=O) groups is 1. The van der Waals surface area contributed by atoms with Gasteiger partial charge in [0.1, 0.15) is 4.99 Å². The van der Waals surface area contributed by atoms with Gasteiger partial charge < -0.3 is 15.2 Å². The van der Waals surface area contributed by atoms with E-state index in [4.69, 9.17) is 22.1 Å². The monoisotopic (exact) mass is 290 g/mol. The molecule has 1 aliphatic heterocycles. The minimum Gasteiger partial charge on any atom is -0.590 e. The van der Waals surface area contributed by atoms with E-state index in [1.165, 1.54) is 7.11 Å². The summed E-state index contributed by atoms with van der Waals surface area (Å²) in [5, 5.41) is 10.6. The zero-order valence-electron chi connectivity index (χ0n) is 11.2. The summed E-state index contributed by atoms with van der Waals surface area (Å²) in [6, 6.07) is 3.66. The molecule has 0 unspecified atom stereocenters. The molecule has 1 heterocycles. The van der Waals surface area contributed by atoms with Gasteiger partial charge in [0.15, 0.2) is 0 Å². The van der Waals surface area contributed by atoms with Crippen LogP contribution in [-0.2, 0) is 11.2 Å². The third-order valence-electron chi connectivity index (χ3n) is 3.03. The second-order valence-corrected chi connectivity index (χ2v) is 4.88. The molecule has 0 saturated carbocycles. The zero-order valence-corrected chi connectivity index (χ0v) is 12.0.